The Kier molecular flexibility index (Phi) is 2.16. The largest absolute Gasteiger partial charge is 0.316 e. The van der Waals surface area contributed by atoms with Crippen molar-refractivity contribution in [2.24, 2.45) is 29.6 Å². The summed E-state index contributed by atoms with van der Waals surface area (Å²) in [5, 5.41) is 3.60. The van der Waals surface area contributed by atoms with Crippen LogP contribution in [0, 0.1) is 29.6 Å². The molecule has 0 heterocycles. The summed E-state index contributed by atoms with van der Waals surface area (Å²) >= 11 is 0. The smallest absolute Gasteiger partial charge is 0.00151 e. The van der Waals surface area contributed by atoms with Crippen molar-refractivity contribution < 1.29 is 0 Å². The second kappa shape index (κ2) is 3.02. The van der Waals surface area contributed by atoms with Gasteiger partial charge < -0.3 is 5.32 Å². The van der Waals surface area contributed by atoms with Crippen molar-refractivity contribution in [1.82, 2.24) is 5.32 Å². The molecule has 70 valence electrons. The van der Waals surface area contributed by atoms with Gasteiger partial charge in [0, 0.05) is 0 Å². The lowest BCUT2D eigenvalue weighted by Crippen LogP contribution is -2.20. The minimum absolute atomic E-state index is 0.981. The average Bonchev–Trinajstić information content (AvgIpc) is 2.86. The molecule has 12 heavy (non-hydrogen) atoms. The lowest BCUT2D eigenvalue weighted by molar-refractivity contribution is 0.561. The Balaban J connectivity index is 1.53. The van der Waals surface area contributed by atoms with E-state index in [0.717, 1.165) is 29.6 Å². The van der Waals surface area contributed by atoms with Gasteiger partial charge in [-0.3, -0.25) is 0 Å². The molecule has 0 aromatic heterocycles. The standard InChI is InChI=1S/C11H21N/c1-7-4-10(7)5-12-6-11-8(2)9(11)3/h7-12H,4-6H2,1-3H3. The predicted octanol–water partition coefficient (Wildman–Crippen LogP) is 2.13. The molecule has 2 rings (SSSR count). The molecular weight excluding hydrogens is 146 g/mol. The fourth-order valence-corrected chi connectivity index (χ4v) is 2.26. The first-order valence-electron chi connectivity index (χ1n) is 5.41. The maximum atomic E-state index is 3.60. The van der Waals surface area contributed by atoms with Crippen molar-refractivity contribution in [3.63, 3.8) is 0 Å². The summed E-state index contributed by atoms with van der Waals surface area (Å²) in [6, 6.07) is 0. The number of hydrogen-bond donors (Lipinski definition) is 1. The third-order valence-corrected chi connectivity index (χ3v) is 4.10. The van der Waals surface area contributed by atoms with Gasteiger partial charge in [-0.2, -0.15) is 0 Å². The Labute approximate surface area is 75.9 Å². The predicted molar refractivity (Wildman–Crippen MR) is 52.0 cm³/mol. The highest BCUT2D eigenvalue weighted by Crippen LogP contribution is 2.45. The summed E-state index contributed by atoms with van der Waals surface area (Å²) in [7, 11) is 0. The molecule has 4 atom stereocenters. The minimum Gasteiger partial charge on any atom is -0.316 e. The van der Waals surface area contributed by atoms with Crippen LogP contribution in [0.25, 0.3) is 0 Å². The van der Waals surface area contributed by atoms with Crippen LogP contribution in [0.5, 0.6) is 0 Å². The van der Waals surface area contributed by atoms with Crippen LogP contribution in [0.3, 0.4) is 0 Å². The Morgan fingerprint density at radius 3 is 2.08 bits per heavy atom. The summed E-state index contributed by atoms with van der Waals surface area (Å²) in [6.07, 6.45) is 1.46. The maximum absolute atomic E-state index is 3.60. The van der Waals surface area contributed by atoms with E-state index in [9.17, 15) is 0 Å². The molecule has 2 saturated carbocycles. The van der Waals surface area contributed by atoms with Crippen LogP contribution in [0.1, 0.15) is 27.2 Å². The van der Waals surface area contributed by atoms with Gasteiger partial charge >= 0.3 is 0 Å². The molecule has 0 aliphatic heterocycles. The summed E-state index contributed by atoms with van der Waals surface area (Å²) in [5.74, 6) is 4.96. The van der Waals surface area contributed by atoms with Gasteiger partial charge in [-0.25, -0.2) is 0 Å². The van der Waals surface area contributed by atoms with Crippen molar-refractivity contribution in [2.45, 2.75) is 27.2 Å². The van der Waals surface area contributed by atoms with Crippen molar-refractivity contribution in [2.75, 3.05) is 13.1 Å². The monoisotopic (exact) mass is 167 g/mol. The zero-order chi connectivity index (χ0) is 8.72. The molecule has 2 fully saturated rings. The van der Waals surface area contributed by atoms with Gasteiger partial charge in [0.05, 0.1) is 0 Å². The van der Waals surface area contributed by atoms with Crippen molar-refractivity contribution in [3.8, 4) is 0 Å². The molecule has 2 aliphatic rings. The van der Waals surface area contributed by atoms with Crippen LogP contribution in [0.15, 0.2) is 0 Å². The molecule has 0 aromatic carbocycles. The molecule has 0 spiro atoms. The summed E-state index contributed by atoms with van der Waals surface area (Å²) in [5.41, 5.74) is 0. The van der Waals surface area contributed by atoms with Crippen LogP contribution < -0.4 is 5.32 Å². The van der Waals surface area contributed by atoms with Gasteiger partial charge in [-0.15, -0.1) is 0 Å². The summed E-state index contributed by atoms with van der Waals surface area (Å²) < 4.78 is 0. The molecule has 1 heteroatoms. The van der Waals surface area contributed by atoms with Gasteiger partial charge in [0.2, 0.25) is 0 Å². The Morgan fingerprint density at radius 1 is 1.08 bits per heavy atom. The Bertz CT molecular complexity index is 158. The van der Waals surface area contributed by atoms with E-state index in [-0.39, 0.29) is 0 Å². The van der Waals surface area contributed by atoms with Gasteiger partial charge in [0.15, 0.2) is 0 Å². The van der Waals surface area contributed by atoms with E-state index in [1.54, 1.807) is 0 Å². The molecule has 0 bridgehead atoms. The van der Waals surface area contributed by atoms with E-state index < -0.39 is 0 Å². The fourth-order valence-electron chi connectivity index (χ4n) is 2.26. The van der Waals surface area contributed by atoms with E-state index in [2.05, 4.69) is 26.1 Å². The van der Waals surface area contributed by atoms with Gasteiger partial charge in [0.1, 0.15) is 0 Å². The first kappa shape index (κ1) is 8.55. The van der Waals surface area contributed by atoms with Crippen molar-refractivity contribution in [1.29, 1.82) is 0 Å². The number of hydrogen-bond acceptors (Lipinski definition) is 1. The van der Waals surface area contributed by atoms with Crippen LogP contribution >= 0.6 is 0 Å². The van der Waals surface area contributed by atoms with Crippen molar-refractivity contribution in [3.05, 3.63) is 0 Å². The van der Waals surface area contributed by atoms with Crippen molar-refractivity contribution >= 4 is 0 Å². The molecule has 0 radical (unpaired) electrons. The quantitative estimate of drug-likeness (QED) is 0.676. The first-order valence-corrected chi connectivity index (χ1v) is 5.41. The highest BCUT2D eigenvalue weighted by Gasteiger charge is 2.42. The summed E-state index contributed by atoms with van der Waals surface area (Å²) in [4.78, 5) is 0. The Morgan fingerprint density at radius 2 is 1.67 bits per heavy atom. The highest BCUT2D eigenvalue weighted by atomic mass is 14.9. The number of rotatable bonds is 4. The normalized spacial score (nSPS) is 50.8. The van der Waals surface area contributed by atoms with E-state index in [1.807, 2.05) is 0 Å². The van der Waals surface area contributed by atoms with Crippen LogP contribution in [-0.4, -0.2) is 13.1 Å². The Hall–Kier alpha value is -0.0400. The molecule has 1 nitrogen and oxygen atoms in total. The van der Waals surface area contributed by atoms with Crippen LogP contribution in [0.4, 0.5) is 0 Å². The van der Waals surface area contributed by atoms with E-state index in [4.69, 9.17) is 0 Å². The number of nitrogens with one attached hydrogen (secondary N) is 1. The van der Waals surface area contributed by atoms with Crippen LogP contribution in [0.2, 0.25) is 0 Å². The average molecular weight is 167 g/mol. The molecule has 0 saturated heterocycles. The first-order chi connectivity index (χ1) is 5.70. The van der Waals surface area contributed by atoms with E-state index >= 15 is 0 Å². The second-order valence-electron chi connectivity index (χ2n) is 5.01. The third kappa shape index (κ3) is 1.66. The van der Waals surface area contributed by atoms with Gasteiger partial charge in [0.25, 0.3) is 0 Å². The lowest BCUT2D eigenvalue weighted by Gasteiger charge is -2.01. The van der Waals surface area contributed by atoms with Gasteiger partial charge in [-0.05, 0) is 49.1 Å². The second-order valence-corrected chi connectivity index (χ2v) is 5.01. The topological polar surface area (TPSA) is 12.0 Å². The molecular formula is C11H21N. The lowest BCUT2D eigenvalue weighted by atomic mass is 10.3. The highest BCUT2D eigenvalue weighted by molar-refractivity contribution is 4.93. The molecule has 4 unspecified atom stereocenters. The van der Waals surface area contributed by atoms with E-state index in [1.165, 1.54) is 19.5 Å². The SMILES string of the molecule is CC1CC1CNCC1C(C)C1C. The van der Waals surface area contributed by atoms with Crippen LogP contribution in [-0.2, 0) is 0 Å². The maximum Gasteiger partial charge on any atom is -0.00151 e. The van der Waals surface area contributed by atoms with Gasteiger partial charge in [-0.1, -0.05) is 20.8 Å². The minimum atomic E-state index is 0.981. The summed E-state index contributed by atoms with van der Waals surface area (Å²) in [6.45, 7) is 9.64. The molecule has 0 aromatic rings. The molecule has 1 N–H and O–H groups in total. The third-order valence-electron chi connectivity index (χ3n) is 4.10. The zero-order valence-corrected chi connectivity index (χ0v) is 8.51. The fraction of sp³-hybridized carbons (Fsp3) is 1.00. The molecule has 0 amide bonds. The van der Waals surface area contributed by atoms with E-state index in [0.29, 0.717) is 0 Å². The zero-order valence-electron chi connectivity index (χ0n) is 8.51. The molecule has 2 aliphatic carbocycles.